The van der Waals surface area contributed by atoms with Gasteiger partial charge in [-0.1, -0.05) is 0 Å². The lowest BCUT2D eigenvalue weighted by Crippen LogP contribution is -2.29. The Morgan fingerprint density at radius 3 is 2.36 bits per heavy atom. The molecule has 1 amide bonds. The predicted molar refractivity (Wildman–Crippen MR) is 46.4 cm³/mol. The van der Waals surface area contributed by atoms with Crippen molar-refractivity contribution in [1.82, 2.24) is 5.32 Å². The zero-order valence-electron chi connectivity index (χ0n) is 7.16. The Labute approximate surface area is 79.4 Å². The van der Waals surface area contributed by atoms with Gasteiger partial charge in [0.25, 0.3) is 5.91 Å². The Balaban J connectivity index is 2.61. The van der Waals surface area contributed by atoms with Crippen LogP contribution in [0.15, 0.2) is 24.3 Å². The second-order valence-corrected chi connectivity index (χ2v) is 2.58. The summed E-state index contributed by atoms with van der Waals surface area (Å²) in [7, 11) is 0. The van der Waals surface area contributed by atoms with E-state index >= 15 is 0 Å². The highest BCUT2D eigenvalue weighted by atomic mass is 19.1. The predicted octanol–water partition coefficient (Wildman–Crippen LogP) is 0.640. The lowest BCUT2D eigenvalue weighted by Gasteiger charge is -2.01. The van der Waals surface area contributed by atoms with Gasteiger partial charge >= 0.3 is 5.97 Å². The SMILES string of the molecule is O=C(O)CNC(=O)c1ccc(F)cc1. The van der Waals surface area contributed by atoms with Crippen molar-refractivity contribution >= 4 is 11.9 Å². The monoisotopic (exact) mass is 197 g/mol. The van der Waals surface area contributed by atoms with Gasteiger partial charge in [0, 0.05) is 5.56 Å². The Hall–Kier alpha value is -1.91. The number of hydrogen-bond donors (Lipinski definition) is 2. The summed E-state index contributed by atoms with van der Waals surface area (Å²) in [6, 6.07) is 4.84. The van der Waals surface area contributed by atoms with Crippen molar-refractivity contribution in [2.75, 3.05) is 6.54 Å². The normalized spacial score (nSPS) is 9.50. The molecule has 0 atom stereocenters. The fourth-order valence-corrected chi connectivity index (χ4v) is 0.859. The molecule has 0 aliphatic carbocycles. The maximum Gasteiger partial charge on any atom is 0.322 e. The fourth-order valence-electron chi connectivity index (χ4n) is 0.859. The van der Waals surface area contributed by atoms with E-state index in [9.17, 15) is 14.0 Å². The Kier molecular flexibility index (Phi) is 3.17. The molecule has 0 saturated carbocycles. The maximum atomic E-state index is 12.4. The molecule has 0 saturated heterocycles. The van der Waals surface area contributed by atoms with Crippen molar-refractivity contribution in [3.05, 3.63) is 35.6 Å². The lowest BCUT2D eigenvalue weighted by atomic mass is 10.2. The standard InChI is InChI=1S/C9H8FNO3/c10-7-3-1-6(2-4-7)9(14)11-5-8(12)13/h1-4H,5H2,(H,11,14)(H,12,13). The van der Waals surface area contributed by atoms with Gasteiger partial charge in [0.05, 0.1) is 0 Å². The van der Waals surface area contributed by atoms with E-state index in [1.54, 1.807) is 0 Å². The number of nitrogens with one attached hydrogen (secondary N) is 1. The molecule has 0 fully saturated rings. The molecule has 4 nitrogen and oxygen atoms in total. The molecule has 2 N–H and O–H groups in total. The summed E-state index contributed by atoms with van der Waals surface area (Å²) in [6.45, 7) is -0.448. The average Bonchev–Trinajstić information content (AvgIpc) is 2.15. The van der Waals surface area contributed by atoms with E-state index in [-0.39, 0.29) is 5.56 Å². The van der Waals surface area contributed by atoms with E-state index in [2.05, 4.69) is 5.32 Å². The van der Waals surface area contributed by atoms with Crippen LogP contribution in [0.5, 0.6) is 0 Å². The van der Waals surface area contributed by atoms with Crippen molar-refractivity contribution in [2.24, 2.45) is 0 Å². The first kappa shape index (κ1) is 10.2. The van der Waals surface area contributed by atoms with Gasteiger partial charge in [-0.15, -0.1) is 0 Å². The quantitative estimate of drug-likeness (QED) is 0.747. The minimum absolute atomic E-state index is 0.229. The van der Waals surface area contributed by atoms with E-state index < -0.39 is 24.2 Å². The number of aliphatic carboxylic acids is 1. The van der Waals surface area contributed by atoms with Crippen LogP contribution in [0.4, 0.5) is 4.39 Å². The molecule has 0 radical (unpaired) electrons. The average molecular weight is 197 g/mol. The number of rotatable bonds is 3. The summed E-state index contributed by atoms with van der Waals surface area (Å²) in [5.74, 6) is -2.10. The number of halogens is 1. The van der Waals surface area contributed by atoms with Gasteiger partial charge in [0.2, 0.25) is 0 Å². The first-order chi connectivity index (χ1) is 6.59. The molecular weight excluding hydrogens is 189 g/mol. The molecule has 0 aliphatic rings. The maximum absolute atomic E-state index is 12.4. The number of carboxylic acid groups (broad SMARTS) is 1. The molecule has 0 bridgehead atoms. The van der Waals surface area contributed by atoms with Crippen molar-refractivity contribution < 1.29 is 19.1 Å². The highest BCUT2D eigenvalue weighted by Gasteiger charge is 2.06. The smallest absolute Gasteiger partial charge is 0.322 e. The summed E-state index contributed by atoms with van der Waals surface area (Å²) < 4.78 is 12.4. The Morgan fingerprint density at radius 2 is 1.86 bits per heavy atom. The molecule has 0 aliphatic heterocycles. The number of benzene rings is 1. The summed E-state index contributed by atoms with van der Waals surface area (Å²) in [5, 5.41) is 10.4. The van der Waals surface area contributed by atoms with Crippen molar-refractivity contribution in [2.45, 2.75) is 0 Å². The minimum Gasteiger partial charge on any atom is -0.480 e. The summed E-state index contributed by atoms with van der Waals surface area (Å²) in [4.78, 5) is 21.3. The third-order valence-electron chi connectivity index (χ3n) is 1.51. The van der Waals surface area contributed by atoms with Crippen LogP contribution in [0, 0.1) is 5.82 Å². The zero-order valence-corrected chi connectivity index (χ0v) is 7.16. The fraction of sp³-hybridized carbons (Fsp3) is 0.111. The van der Waals surface area contributed by atoms with Crippen LogP contribution in [0.25, 0.3) is 0 Å². The highest BCUT2D eigenvalue weighted by Crippen LogP contribution is 2.01. The minimum atomic E-state index is -1.12. The second kappa shape index (κ2) is 4.36. The van der Waals surface area contributed by atoms with Gasteiger partial charge in [0.15, 0.2) is 0 Å². The summed E-state index contributed by atoms with van der Waals surface area (Å²) in [6.07, 6.45) is 0. The Bertz CT molecular complexity index is 348. The van der Waals surface area contributed by atoms with E-state index in [1.165, 1.54) is 12.1 Å². The molecule has 0 spiro atoms. The molecule has 14 heavy (non-hydrogen) atoms. The number of carboxylic acids is 1. The van der Waals surface area contributed by atoms with Gasteiger partial charge in [-0.05, 0) is 24.3 Å². The van der Waals surface area contributed by atoms with Crippen molar-refractivity contribution in [3.8, 4) is 0 Å². The van der Waals surface area contributed by atoms with E-state index in [4.69, 9.17) is 5.11 Å². The van der Waals surface area contributed by atoms with E-state index in [1.807, 2.05) is 0 Å². The van der Waals surface area contributed by atoms with Crippen LogP contribution in [-0.4, -0.2) is 23.5 Å². The number of carbonyl (C=O) groups is 2. The van der Waals surface area contributed by atoms with Crippen LogP contribution in [-0.2, 0) is 4.79 Å². The van der Waals surface area contributed by atoms with Crippen molar-refractivity contribution in [1.29, 1.82) is 0 Å². The summed E-state index contributed by atoms with van der Waals surface area (Å²) >= 11 is 0. The van der Waals surface area contributed by atoms with E-state index in [0.29, 0.717) is 0 Å². The van der Waals surface area contributed by atoms with Gasteiger partial charge < -0.3 is 10.4 Å². The lowest BCUT2D eigenvalue weighted by molar-refractivity contribution is -0.135. The van der Waals surface area contributed by atoms with Gasteiger partial charge in [0.1, 0.15) is 12.4 Å². The number of hydrogen-bond acceptors (Lipinski definition) is 2. The second-order valence-electron chi connectivity index (χ2n) is 2.58. The van der Waals surface area contributed by atoms with E-state index in [0.717, 1.165) is 12.1 Å². The van der Waals surface area contributed by atoms with Gasteiger partial charge in [-0.3, -0.25) is 9.59 Å². The number of carbonyl (C=O) groups excluding carboxylic acids is 1. The molecular formula is C9H8FNO3. The molecule has 5 heteroatoms. The molecule has 74 valence electrons. The Morgan fingerprint density at radius 1 is 1.29 bits per heavy atom. The van der Waals surface area contributed by atoms with Crippen LogP contribution in [0.2, 0.25) is 0 Å². The molecule has 0 unspecified atom stereocenters. The third kappa shape index (κ3) is 2.85. The first-order valence-corrected chi connectivity index (χ1v) is 3.85. The third-order valence-corrected chi connectivity index (χ3v) is 1.51. The highest BCUT2D eigenvalue weighted by molar-refractivity contribution is 5.95. The molecule has 1 aromatic rings. The van der Waals surface area contributed by atoms with Crippen LogP contribution < -0.4 is 5.32 Å². The first-order valence-electron chi connectivity index (χ1n) is 3.85. The molecule has 0 aromatic heterocycles. The van der Waals surface area contributed by atoms with Crippen LogP contribution >= 0.6 is 0 Å². The number of amides is 1. The molecule has 0 heterocycles. The van der Waals surface area contributed by atoms with Crippen LogP contribution in [0.3, 0.4) is 0 Å². The molecule has 1 aromatic carbocycles. The topological polar surface area (TPSA) is 66.4 Å². The summed E-state index contributed by atoms with van der Waals surface area (Å²) in [5.41, 5.74) is 0.229. The zero-order chi connectivity index (χ0) is 10.6. The van der Waals surface area contributed by atoms with Gasteiger partial charge in [-0.25, -0.2) is 4.39 Å². The largest absolute Gasteiger partial charge is 0.480 e. The molecule has 1 rings (SSSR count). The van der Waals surface area contributed by atoms with Gasteiger partial charge in [-0.2, -0.15) is 0 Å². The van der Waals surface area contributed by atoms with Crippen LogP contribution in [0.1, 0.15) is 10.4 Å². The van der Waals surface area contributed by atoms with Crippen molar-refractivity contribution in [3.63, 3.8) is 0 Å².